The van der Waals surface area contributed by atoms with Crippen LogP contribution in [0.25, 0.3) is 11.3 Å². The molecule has 1 N–H and O–H groups in total. The van der Waals surface area contributed by atoms with Crippen LogP contribution in [0.5, 0.6) is 0 Å². The molecule has 1 aromatic carbocycles. The van der Waals surface area contributed by atoms with E-state index in [1.54, 1.807) is 12.5 Å². The molecule has 3 heterocycles. The average Bonchev–Trinajstić information content (AvgIpc) is 3.07. The fourth-order valence-electron chi connectivity index (χ4n) is 4.09. The zero-order chi connectivity index (χ0) is 16.9. The summed E-state index contributed by atoms with van der Waals surface area (Å²) in [6.07, 6.45) is -0.969. The molecule has 24 heavy (non-hydrogen) atoms. The SMILES string of the molecule is O[C@H]1CN(CC(F)(F)F)CC[C@@H]1C1c2ccccc2-c2cncn21. The minimum absolute atomic E-state index is 0.0485. The van der Waals surface area contributed by atoms with E-state index >= 15 is 0 Å². The van der Waals surface area contributed by atoms with Gasteiger partial charge in [-0.2, -0.15) is 13.2 Å². The van der Waals surface area contributed by atoms with Gasteiger partial charge in [0, 0.05) is 18.0 Å². The van der Waals surface area contributed by atoms with Crippen LogP contribution < -0.4 is 0 Å². The molecule has 2 aliphatic rings. The van der Waals surface area contributed by atoms with Crippen LogP contribution in [0.15, 0.2) is 36.8 Å². The molecule has 1 aromatic heterocycles. The standard InChI is InChI=1S/C17H18F3N3O/c18-17(19,20)9-22-6-5-13(15(24)8-22)16-12-4-2-1-3-11(12)14-7-21-10-23(14)16/h1-4,7,10,13,15-16,24H,5-6,8-9H2/t13-,15-,16?/m0/s1. The molecule has 1 unspecified atom stereocenters. The Bertz CT molecular complexity index is 743. The van der Waals surface area contributed by atoms with E-state index < -0.39 is 18.8 Å². The normalized spacial score (nSPS) is 27.1. The van der Waals surface area contributed by atoms with Crippen LogP contribution in [0, 0.1) is 5.92 Å². The van der Waals surface area contributed by atoms with Crippen LogP contribution in [0.2, 0.25) is 0 Å². The lowest BCUT2D eigenvalue weighted by atomic mass is 9.83. The van der Waals surface area contributed by atoms with Crippen LogP contribution in [-0.2, 0) is 0 Å². The number of nitrogens with zero attached hydrogens (tertiary/aromatic N) is 3. The first-order valence-electron chi connectivity index (χ1n) is 8.02. The van der Waals surface area contributed by atoms with Gasteiger partial charge in [0.25, 0.3) is 0 Å². The third-order valence-electron chi connectivity index (χ3n) is 5.05. The van der Waals surface area contributed by atoms with E-state index in [0.717, 1.165) is 16.8 Å². The molecule has 0 spiro atoms. The first-order chi connectivity index (χ1) is 11.4. The molecule has 0 bridgehead atoms. The number of fused-ring (bicyclic) bond motifs is 3. The summed E-state index contributed by atoms with van der Waals surface area (Å²) in [5, 5.41) is 10.5. The molecule has 128 valence electrons. The highest BCUT2D eigenvalue weighted by Gasteiger charge is 2.42. The molecule has 2 aromatic rings. The molecule has 0 radical (unpaired) electrons. The van der Waals surface area contributed by atoms with Gasteiger partial charge in [-0.3, -0.25) is 4.90 Å². The number of rotatable bonds is 2. The van der Waals surface area contributed by atoms with Crippen molar-refractivity contribution in [1.82, 2.24) is 14.5 Å². The fraction of sp³-hybridized carbons (Fsp3) is 0.471. The number of aromatic nitrogens is 2. The molecule has 1 fully saturated rings. The van der Waals surface area contributed by atoms with Gasteiger partial charge >= 0.3 is 6.18 Å². The number of imidazole rings is 1. The maximum atomic E-state index is 12.6. The third-order valence-corrected chi connectivity index (χ3v) is 5.05. The molecule has 3 atom stereocenters. The number of β-amino-alcohol motifs (C(OH)–C–C–N with tert-alkyl or cyclic N) is 1. The number of likely N-dealkylation sites (tertiary alicyclic amines) is 1. The second kappa shape index (κ2) is 5.60. The van der Waals surface area contributed by atoms with Crippen molar-refractivity contribution in [3.05, 3.63) is 42.4 Å². The fourth-order valence-corrected chi connectivity index (χ4v) is 4.09. The number of piperidine rings is 1. The van der Waals surface area contributed by atoms with Gasteiger partial charge in [0.1, 0.15) is 0 Å². The van der Waals surface area contributed by atoms with Gasteiger partial charge < -0.3 is 9.67 Å². The van der Waals surface area contributed by atoms with Crippen molar-refractivity contribution in [2.24, 2.45) is 5.92 Å². The van der Waals surface area contributed by atoms with Gasteiger partial charge in [0.05, 0.1) is 36.9 Å². The van der Waals surface area contributed by atoms with E-state index in [9.17, 15) is 18.3 Å². The van der Waals surface area contributed by atoms with Gasteiger partial charge in [-0.15, -0.1) is 0 Å². The highest BCUT2D eigenvalue weighted by atomic mass is 19.4. The van der Waals surface area contributed by atoms with E-state index in [2.05, 4.69) is 4.98 Å². The summed E-state index contributed by atoms with van der Waals surface area (Å²) in [5.74, 6) is -0.119. The number of hydrogen-bond acceptors (Lipinski definition) is 3. The second-order valence-corrected chi connectivity index (χ2v) is 6.59. The van der Waals surface area contributed by atoms with E-state index in [0.29, 0.717) is 13.0 Å². The molecular weight excluding hydrogens is 319 g/mol. The lowest BCUT2D eigenvalue weighted by molar-refractivity contribution is -0.154. The quantitative estimate of drug-likeness (QED) is 0.916. The minimum Gasteiger partial charge on any atom is -0.391 e. The summed E-state index contributed by atoms with van der Waals surface area (Å²) >= 11 is 0. The Hall–Kier alpha value is -1.86. The molecule has 1 saturated heterocycles. The Morgan fingerprint density at radius 1 is 1.25 bits per heavy atom. The maximum Gasteiger partial charge on any atom is 0.401 e. The monoisotopic (exact) mass is 337 g/mol. The van der Waals surface area contributed by atoms with Crippen LogP contribution in [0.3, 0.4) is 0 Å². The van der Waals surface area contributed by atoms with E-state index in [4.69, 9.17) is 0 Å². The highest BCUT2D eigenvalue weighted by molar-refractivity contribution is 5.69. The summed E-state index contributed by atoms with van der Waals surface area (Å²) in [7, 11) is 0. The van der Waals surface area contributed by atoms with Crippen LogP contribution in [0.4, 0.5) is 13.2 Å². The van der Waals surface area contributed by atoms with E-state index in [1.165, 1.54) is 4.90 Å². The average molecular weight is 337 g/mol. The predicted molar refractivity (Wildman–Crippen MR) is 82.4 cm³/mol. The Labute approximate surface area is 137 Å². The highest BCUT2D eigenvalue weighted by Crippen LogP contribution is 2.45. The molecule has 0 amide bonds. The molecular formula is C17H18F3N3O. The van der Waals surface area contributed by atoms with E-state index in [1.807, 2.05) is 28.8 Å². The van der Waals surface area contributed by atoms with E-state index in [-0.39, 0.29) is 18.5 Å². The summed E-state index contributed by atoms with van der Waals surface area (Å²) in [5.41, 5.74) is 3.20. The number of aliphatic hydroxyl groups excluding tert-OH is 1. The topological polar surface area (TPSA) is 41.3 Å². The maximum absolute atomic E-state index is 12.6. The van der Waals surface area contributed by atoms with Gasteiger partial charge in [0.15, 0.2) is 0 Å². The molecule has 0 saturated carbocycles. The van der Waals surface area contributed by atoms with Crippen molar-refractivity contribution in [3.63, 3.8) is 0 Å². The Balaban J connectivity index is 1.59. The Morgan fingerprint density at radius 2 is 2.04 bits per heavy atom. The number of benzene rings is 1. The van der Waals surface area contributed by atoms with Crippen LogP contribution >= 0.6 is 0 Å². The van der Waals surface area contributed by atoms with Gasteiger partial charge in [-0.25, -0.2) is 4.98 Å². The number of aliphatic hydroxyl groups is 1. The van der Waals surface area contributed by atoms with Gasteiger partial charge in [-0.05, 0) is 18.5 Å². The van der Waals surface area contributed by atoms with Crippen molar-refractivity contribution < 1.29 is 18.3 Å². The lowest BCUT2D eigenvalue weighted by Gasteiger charge is -2.39. The number of halogens is 3. The molecule has 0 aliphatic carbocycles. The first-order valence-corrected chi connectivity index (χ1v) is 8.02. The first kappa shape index (κ1) is 15.7. The van der Waals surface area contributed by atoms with Crippen molar-refractivity contribution in [2.75, 3.05) is 19.6 Å². The molecule has 2 aliphatic heterocycles. The summed E-state index contributed by atoms with van der Waals surface area (Å²) in [6.45, 7) is -0.578. The summed E-state index contributed by atoms with van der Waals surface area (Å²) < 4.78 is 39.8. The second-order valence-electron chi connectivity index (χ2n) is 6.59. The summed E-state index contributed by atoms with van der Waals surface area (Å²) in [6, 6.07) is 7.90. The Kier molecular flexibility index (Phi) is 3.65. The zero-order valence-electron chi connectivity index (χ0n) is 12.9. The van der Waals surface area contributed by atoms with Crippen LogP contribution in [-0.4, -0.2) is 51.5 Å². The molecule has 7 heteroatoms. The summed E-state index contributed by atoms with van der Waals surface area (Å²) in [4.78, 5) is 5.49. The van der Waals surface area contributed by atoms with Crippen molar-refractivity contribution in [1.29, 1.82) is 0 Å². The Morgan fingerprint density at radius 3 is 2.79 bits per heavy atom. The zero-order valence-corrected chi connectivity index (χ0v) is 12.9. The van der Waals surface area contributed by atoms with Crippen molar-refractivity contribution >= 4 is 0 Å². The smallest absolute Gasteiger partial charge is 0.391 e. The molecule has 4 rings (SSSR count). The molecule has 4 nitrogen and oxygen atoms in total. The number of hydrogen-bond donors (Lipinski definition) is 1. The van der Waals surface area contributed by atoms with Gasteiger partial charge in [0.2, 0.25) is 0 Å². The predicted octanol–water partition coefficient (Wildman–Crippen LogP) is 2.70. The van der Waals surface area contributed by atoms with Gasteiger partial charge in [-0.1, -0.05) is 24.3 Å². The van der Waals surface area contributed by atoms with Crippen LogP contribution in [0.1, 0.15) is 18.0 Å². The van der Waals surface area contributed by atoms with Crippen molar-refractivity contribution in [3.8, 4) is 11.3 Å². The third kappa shape index (κ3) is 2.61. The lowest BCUT2D eigenvalue weighted by Crippen LogP contribution is -2.49. The number of alkyl halides is 3. The largest absolute Gasteiger partial charge is 0.401 e. The minimum atomic E-state index is -4.23. The van der Waals surface area contributed by atoms with Crippen molar-refractivity contribution in [2.45, 2.75) is 24.7 Å².